The number of rotatable bonds is 6. The molecule has 0 aliphatic rings. The van der Waals surface area contributed by atoms with Gasteiger partial charge in [0.15, 0.2) is 0 Å². The maximum atomic E-state index is 10.7. The summed E-state index contributed by atoms with van der Waals surface area (Å²) in [6.45, 7) is 10.6. The highest BCUT2D eigenvalue weighted by atomic mass is 16.3. The van der Waals surface area contributed by atoms with E-state index < -0.39 is 5.60 Å². The molecule has 0 aromatic carbocycles. The zero-order valence-electron chi connectivity index (χ0n) is 13.0. The molecule has 1 heterocycles. The molecule has 1 aromatic rings. The van der Waals surface area contributed by atoms with Crippen molar-refractivity contribution < 1.29 is 5.11 Å². The molecule has 19 heavy (non-hydrogen) atoms. The largest absolute Gasteiger partial charge is 0.388 e. The Morgan fingerprint density at radius 2 is 1.89 bits per heavy atom. The highest BCUT2D eigenvalue weighted by molar-refractivity contribution is 5.08. The lowest BCUT2D eigenvalue weighted by molar-refractivity contribution is -0.0498. The molecule has 0 saturated heterocycles. The summed E-state index contributed by atoms with van der Waals surface area (Å²) < 4.78 is 2.01. The van der Waals surface area contributed by atoms with Crippen molar-refractivity contribution in [2.45, 2.75) is 65.5 Å². The van der Waals surface area contributed by atoms with Crippen LogP contribution in [0, 0.1) is 5.41 Å². The van der Waals surface area contributed by atoms with Gasteiger partial charge < -0.3 is 10.8 Å². The van der Waals surface area contributed by atoms with E-state index in [0.717, 1.165) is 18.5 Å². The topological polar surface area (TPSA) is 64.1 Å². The molecule has 0 fully saturated rings. The minimum atomic E-state index is -0.917. The molecule has 0 aliphatic heterocycles. The van der Waals surface area contributed by atoms with E-state index in [0.29, 0.717) is 12.5 Å². The van der Waals surface area contributed by atoms with Crippen LogP contribution in [0.1, 0.15) is 59.2 Å². The van der Waals surface area contributed by atoms with Crippen LogP contribution in [-0.2, 0) is 6.42 Å². The average Bonchev–Trinajstić information content (AvgIpc) is 2.77. The SMILES string of the molecule is CCC(CC)n1ccc(CC(O)(CN)C(C)(C)C)n1. The van der Waals surface area contributed by atoms with Crippen molar-refractivity contribution in [3.05, 3.63) is 18.0 Å². The zero-order chi connectivity index (χ0) is 14.7. The first-order valence-electron chi connectivity index (χ1n) is 7.24. The fraction of sp³-hybridized carbons (Fsp3) is 0.800. The van der Waals surface area contributed by atoms with Crippen molar-refractivity contribution in [1.82, 2.24) is 9.78 Å². The van der Waals surface area contributed by atoms with Crippen LogP contribution in [0.15, 0.2) is 12.3 Å². The Hall–Kier alpha value is -0.870. The Morgan fingerprint density at radius 1 is 1.32 bits per heavy atom. The molecule has 1 rings (SSSR count). The van der Waals surface area contributed by atoms with Crippen molar-refractivity contribution in [3.63, 3.8) is 0 Å². The smallest absolute Gasteiger partial charge is 0.0873 e. The monoisotopic (exact) mass is 267 g/mol. The minimum absolute atomic E-state index is 0.244. The minimum Gasteiger partial charge on any atom is -0.388 e. The van der Waals surface area contributed by atoms with Gasteiger partial charge in [0.1, 0.15) is 0 Å². The summed E-state index contributed by atoms with van der Waals surface area (Å²) in [6.07, 6.45) is 4.64. The first kappa shape index (κ1) is 16.2. The maximum absolute atomic E-state index is 10.7. The fourth-order valence-electron chi connectivity index (χ4n) is 2.28. The van der Waals surface area contributed by atoms with E-state index in [1.165, 1.54) is 0 Å². The van der Waals surface area contributed by atoms with Crippen LogP contribution >= 0.6 is 0 Å². The van der Waals surface area contributed by atoms with Gasteiger partial charge in [0, 0.05) is 19.2 Å². The van der Waals surface area contributed by atoms with E-state index >= 15 is 0 Å². The van der Waals surface area contributed by atoms with Crippen LogP contribution in [0.3, 0.4) is 0 Å². The first-order chi connectivity index (χ1) is 8.77. The van der Waals surface area contributed by atoms with E-state index in [4.69, 9.17) is 5.73 Å². The van der Waals surface area contributed by atoms with Crippen molar-refractivity contribution >= 4 is 0 Å². The maximum Gasteiger partial charge on any atom is 0.0873 e. The molecule has 0 saturated carbocycles. The van der Waals surface area contributed by atoms with Gasteiger partial charge in [0.25, 0.3) is 0 Å². The normalized spacial score (nSPS) is 15.8. The van der Waals surface area contributed by atoms with Gasteiger partial charge in [-0.25, -0.2) is 0 Å². The average molecular weight is 267 g/mol. The van der Waals surface area contributed by atoms with Gasteiger partial charge in [-0.15, -0.1) is 0 Å². The van der Waals surface area contributed by atoms with Gasteiger partial charge >= 0.3 is 0 Å². The number of hydrogen-bond donors (Lipinski definition) is 2. The molecule has 0 spiro atoms. The Morgan fingerprint density at radius 3 is 2.32 bits per heavy atom. The third kappa shape index (κ3) is 3.57. The van der Waals surface area contributed by atoms with Gasteiger partial charge in [0.2, 0.25) is 0 Å². The predicted molar refractivity (Wildman–Crippen MR) is 79.0 cm³/mol. The van der Waals surface area contributed by atoms with Gasteiger partial charge in [-0.3, -0.25) is 4.68 Å². The molecular formula is C15H29N3O. The van der Waals surface area contributed by atoms with Crippen molar-refractivity contribution in [2.24, 2.45) is 11.1 Å². The summed E-state index contributed by atoms with van der Waals surface area (Å²) in [5.74, 6) is 0. The van der Waals surface area contributed by atoms with Gasteiger partial charge in [-0.1, -0.05) is 34.6 Å². The summed E-state index contributed by atoms with van der Waals surface area (Å²) in [5.41, 5.74) is 5.51. The molecule has 1 unspecified atom stereocenters. The number of nitrogens with zero attached hydrogens (tertiary/aromatic N) is 2. The van der Waals surface area contributed by atoms with Crippen LogP contribution < -0.4 is 5.73 Å². The second kappa shape index (κ2) is 6.06. The lowest BCUT2D eigenvalue weighted by atomic mass is 9.74. The molecule has 110 valence electrons. The molecule has 3 N–H and O–H groups in total. The van der Waals surface area contributed by atoms with Crippen LogP contribution in [-0.4, -0.2) is 27.0 Å². The van der Waals surface area contributed by atoms with Gasteiger partial charge in [-0.2, -0.15) is 5.10 Å². The van der Waals surface area contributed by atoms with Gasteiger partial charge in [0.05, 0.1) is 17.3 Å². The number of aliphatic hydroxyl groups is 1. The molecular weight excluding hydrogens is 238 g/mol. The first-order valence-corrected chi connectivity index (χ1v) is 7.24. The second-order valence-corrected chi connectivity index (χ2v) is 6.42. The molecule has 0 amide bonds. The zero-order valence-corrected chi connectivity index (χ0v) is 13.0. The second-order valence-electron chi connectivity index (χ2n) is 6.42. The fourth-order valence-corrected chi connectivity index (χ4v) is 2.28. The lowest BCUT2D eigenvalue weighted by Crippen LogP contribution is -2.51. The molecule has 4 nitrogen and oxygen atoms in total. The summed E-state index contributed by atoms with van der Waals surface area (Å²) in [5, 5.41) is 15.3. The summed E-state index contributed by atoms with van der Waals surface area (Å²) in [7, 11) is 0. The van der Waals surface area contributed by atoms with Crippen molar-refractivity contribution in [3.8, 4) is 0 Å². The Balaban J connectivity index is 2.88. The number of nitrogens with two attached hydrogens (primary N) is 1. The Bertz CT molecular complexity index is 390. The van der Waals surface area contributed by atoms with Gasteiger partial charge in [-0.05, 0) is 24.3 Å². The third-order valence-corrected chi connectivity index (χ3v) is 4.19. The van der Waals surface area contributed by atoms with Crippen LogP contribution in [0.25, 0.3) is 0 Å². The van der Waals surface area contributed by atoms with E-state index in [1.807, 2.05) is 37.7 Å². The summed E-state index contributed by atoms with van der Waals surface area (Å²) in [4.78, 5) is 0. The highest BCUT2D eigenvalue weighted by Gasteiger charge is 2.39. The standard InChI is InChI=1S/C15H29N3O/c1-6-13(7-2)18-9-8-12(17-18)10-15(19,11-16)14(3,4)5/h8-9,13,19H,6-7,10-11,16H2,1-5H3. The number of hydrogen-bond acceptors (Lipinski definition) is 3. The molecule has 0 aliphatic carbocycles. The van der Waals surface area contributed by atoms with E-state index in [-0.39, 0.29) is 12.0 Å². The molecule has 0 bridgehead atoms. The Kier molecular flexibility index (Phi) is 5.16. The molecule has 1 aromatic heterocycles. The predicted octanol–water partition coefficient (Wildman–Crippen LogP) is 2.52. The van der Waals surface area contributed by atoms with E-state index in [2.05, 4.69) is 18.9 Å². The van der Waals surface area contributed by atoms with Crippen LogP contribution in [0.2, 0.25) is 0 Å². The lowest BCUT2D eigenvalue weighted by Gasteiger charge is -2.39. The van der Waals surface area contributed by atoms with E-state index in [9.17, 15) is 5.11 Å². The van der Waals surface area contributed by atoms with Crippen LogP contribution in [0.5, 0.6) is 0 Å². The summed E-state index contributed by atoms with van der Waals surface area (Å²) >= 11 is 0. The highest BCUT2D eigenvalue weighted by Crippen LogP contribution is 2.32. The molecule has 0 radical (unpaired) electrons. The summed E-state index contributed by atoms with van der Waals surface area (Å²) in [6, 6.07) is 2.43. The Labute approximate surface area is 117 Å². The molecule has 1 atom stereocenters. The number of aromatic nitrogens is 2. The van der Waals surface area contributed by atoms with E-state index in [1.54, 1.807) is 0 Å². The van der Waals surface area contributed by atoms with Crippen molar-refractivity contribution in [2.75, 3.05) is 6.54 Å². The third-order valence-electron chi connectivity index (χ3n) is 4.19. The molecule has 4 heteroatoms. The van der Waals surface area contributed by atoms with Crippen LogP contribution in [0.4, 0.5) is 0 Å². The quantitative estimate of drug-likeness (QED) is 0.832. The van der Waals surface area contributed by atoms with Crippen molar-refractivity contribution in [1.29, 1.82) is 0 Å².